The van der Waals surface area contributed by atoms with Crippen molar-refractivity contribution in [2.75, 3.05) is 11.9 Å². The maximum atomic E-state index is 12.3. The first-order valence-corrected chi connectivity index (χ1v) is 7.98. The molecular formula is C15H18ClN5O2. The Balaban J connectivity index is 1.63. The molecule has 0 atom stereocenters. The van der Waals surface area contributed by atoms with E-state index in [2.05, 4.69) is 25.9 Å². The molecule has 2 aromatic rings. The minimum Gasteiger partial charge on any atom is -0.378 e. The lowest BCUT2D eigenvalue weighted by molar-refractivity contribution is -0.119. The smallest absolute Gasteiger partial charge is 0.224 e. The van der Waals surface area contributed by atoms with Crippen LogP contribution in [0.1, 0.15) is 26.2 Å². The number of hydrogen-bond acceptors (Lipinski definition) is 5. The number of hydrogen-bond donors (Lipinski definition) is 2. The summed E-state index contributed by atoms with van der Waals surface area (Å²) in [5.41, 5.74) is 1.27. The van der Waals surface area contributed by atoms with Crippen LogP contribution >= 0.6 is 11.6 Å². The summed E-state index contributed by atoms with van der Waals surface area (Å²) in [6, 6.07) is 5.17. The van der Waals surface area contributed by atoms with Crippen molar-refractivity contribution in [2.45, 2.75) is 32.3 Å². The molecule has 3 rings (SSSR count). The third-order valence-electron chi connectivity index (χ3n) is 3.91. The molecule has 0 bridgehead atoms. The van der Waals surface area contributed by atoms with Gasteiger partial charge in [0.25, 0.3) is 0 Å². The molecule has 0 spiro atoms. The molecule has 0 unspecified atom stereocenters. The number of ether oxygens (including phenoxy) is 1. The summed E-state index contributed by atoms with van der Waals surface area (Å²) in [4.78, 5) is 12.3. The number of aromatic nitrogens is 4. The fourth-order valence-corrected chi connectivity index (χ4v) is 2.94. The van der Waals surface area contributed by atoms with Crippen LogP contribution in [0.4, 0.5) is 5.69 Å². The van der Waals surface area contributed by atoms with Crippen molar-refractivity contribution < 1.29 is 9.53 Å². The number of carbonyl (C=O) groups is 1. The van der Waals surface area contributed by atoms with Gasteiger partial charge in [-0.2, -0.15) is 5.21 Å². The predicted octanol–water partition coefficient (Wildman–Crippen LogP) is 2.66. The summed E-state index contributed by atoms with van der Waals surface area (Å²) < 4.78 is 5.52. The Labute approximate surface area is 138 Å². The van der Waals surface area contributed by atoms with Crippen molar-refractivity contribution in [2.24, 2.45) is 5.92 Å². The maximum Gasteiger partial charge on any atom is 0.224 e. The number of tetrazole rings is 1. The minimum atomic E-state index is -0.0445. The molecule has 1 aromatic heterocycles. The van der Waals surface area contributed by atoms with E-state index in [0.717, 1.165) is 19.4 Å². The topological polar surface area (TPSA) is 92.8 Å². The van der Waals surface area contributed by atoms with Crippen LogP contribution in [-0.4, -0.2) is 39.2 Å². The molecule has 1 aliphatic rings. The third-order valence-corrected chi connectivity index (χ3v) is 4.15. The maximum absolute atomic E-state index is 12.3. The molecule has 1 saturated carbocycles. The van der Waals surface area contributed by atoms with Gasteiger partial charge >= 0.3 is 0 Å². The van der Waals surface area contributed by atoms with E-state index in [1.54, 1.807) is 18.2 Å². The lowest BCUT2D eigenvalue weighted by Gasteiger charge is -2.34. The number of nitrogens with zero attached hydrogens (tertiary/aromatic N) is 3. The van der Waals surface area contributed by atoms with Gasteiger partial charge in [0, 0.05) is 23.6 Å². The first-order valence-electron chi connectivity index (χ1n) is 7.60. The van der Waals surface area contributed by atoms with E-state index >= 15 is 0 Å². The van der Waals surface area contributed by atoms with Crippen molar-refractivity contribution in [1.29, 1.82) is 0 Å². The van der Waals surface area contributed by atoms with Crippen molar-refractivity contribution in [3.05, 3.63) is 23.2 Å². The lowest BCUT2D eigenvalue weighted by Crippen LogP contribution is -2.33. The van der Waals surface area contributed by atoms with Gasteiger partial charge in [-0.15, -0.1) is 10.2 Å². The number of anilines is 1. The van der Waals surface area contributed by atoms with Crippen LogP contribution < -0.4 is 5.32 Å². The number of aromatic amines is 1. The molecule has 0 aliphatic heterocycles. The van der Waals surface area contributed by atoms with Gasteiger partial charge in [0.2, 0.25) is 11.7 Å². The molecule has 1 aliphatic carbocycles. The van der Waals surface area contributed by atoms with Gasteiger partial charge in [0.15, 0.2) is 0 Å². The largest absolute Gasteiger partial charge is 0.378 e. The highest BCUT2D eigenvalue weighted by Gasteiger charge is 2.31. The van der Waals surface area contributed by atoms with Crippen LogP contribution in [-0.2, 0) is 9.53 Å². The third kappa shape index (κ3) is 3.86. The molecule has 1 heterocycles. The summed E-state index contributed by atoms with van der Waals surface area (Å²) >= 11 is 6.03. The van der Waals surface area contributed by atoms with Gasteiger partial charge in [-0.3, -0.25) is 4.79 Å². The molecule has 23 heavy (non-hydrogen) atoms. The van der Waals surface area contributed by atoms with E-state index < -0.39 is 0 Å². The highest BCUT2D eigenvalue weighted by Crippen LogP contribution is 2.34. The average Bonchev–Trinajstić information content (AvgIpc) is 2.99. The molecule has 0 radical (unpaired) electrons. The Morgan fingerprint density at radius 1 is 1.48 bits per heavy atom. The van der Waals surface area contributed by atoms with Crippen LogP contribution in [0.2, 0.25) is 5.02 Å². The Morgan fingerprint density at radius 2 is 2.30 bits per heavy atom. The monoisotopic (exact) mass is 335 g/mol. The fourth-order valence-electron chi connectivity index (χ4n) is 2.77. The van der Waals surface area contributed by atoms with Crippen molar-refractivity contribution in [3.63, 3.8) is 0 Å². The second kappa shape index (κ2) is 7.06. The number of carbonyl (C=O) groups excluding carboxylic acids is 1. The van der Waals surface area contributed by atoms with Crippen LogP contribution in [0.15, 0.2) is 18.2 Å². The molecule has 2 N–H and O–H groups in total. The molecule has 1 amide bonds. The van der Waals surface area contributed by atoms with Gasteiger partial charge in [0.1, 0.15) is 0 Å². The Kier molecular flexibility index (Phi) is 4.88. The van der Waals surface area contributed by atoms with E-state index in [-0.39, 0.29) is 5.91 Å². The van der Waals surface area contributed by atoms with Crippen molar-refractivity contribution in [3.8, 4) is 11.4 Å². The molecule has 122 valence electrons. The van der Waals surface area contributed by atoms with E-state index in [1.807, 2.05) is 6.92 Å². The SMILES string of the molecule is CCOC1CC(CC(=O)Nc2cc(Cl)ccc2-c2nn[nH]n2)C1. The number of amides is 1. The zero-order valence-electron chi connectivity index (χ0n) is 12.8. The molecule has 7 nitrogen and oxygen atoms in total. The zero-order valence-corrected chi connectivity index (χ0v) is 13.5. The first-order chi connectivity index (χ1) is 11.2. The van der Waals surface area contributed by atoms with Gasteiger partial charge in [-0.25, -0.2) is 0 Å². The Hall–Kier alpha value is -1.99. The van der Waals surface area contributed by atoms with Crippen molar-refractivity contribution >= 4 is 23.2 Å². The summed E-state index contributed by atoms with van der Waals surface area (Å²) in [5, 5.41) is 17.3. The summed E-state index contributed by atoms with van der Waals surface area (Å²) in [6.45, 7) is 2.71. The number of rotatable bonds is 6. The van der Waals surface area contributed by atoms with Crippen LogP contribution in [0.25, 0.3) is 11.4 Å². The quantitative estimate of drug-likeness (QED) is 0.846. The summed E-state index contributed by atoms with van der Waals surface area (Å²) in [6.07, 6.45) is 2.66. The van der Waals surface area contributed by atoms with E-state index in [0.29, 0.717) is 40.5 Å². The first kappa shape index (κ1) is 15.9. The molecule has 1 fully saturated rings. The summed E-state index contributed by atoms with van der Waals surface area (Å²) in [5.74, 6) is 0.744. The predicted molar refractivity (Wildman–Crippen MR) is 86.0 cm³/mol. The Morgan fingerprint density at radius 3 is 3.00 bits per heavy atom. The van der Waals surface area contributed by atoms with Crippen LogP contribution in [0, 0.1) is 5.92 Å². The van der Waals surface area contributed by atoms with Gasteiger partial charge in [0.05, 0.1) is 11.8 Å². The lowest BCUT2D eigenvalue weighted by atomic mass is 9.80. The van der Waals surface area contributed by atoms with Gasteiger partial charge < -0.3 is 10.1 Å². The molecular weight excluding hydrogens is 318 g/mol. The normalized spacial score (nSPS) is 20.1. The molecule has 8 heteroatoms. The van der Waals surface area contributed by atoms with E-state index in [9.17, 15) is 4.79 Å². The molecule has 1 aromatic carbocycles. The zero-order chi connectivity index (χ0) is 16.2. The van der Waals surface area contributed by atoms with E-state index in [1.165, 1.54) is 0 Å². The highest BCUT2D eigenvalue weighted by molar-refractivity contribution is 6.31. The van der Waals surface area contributed by atoms with E-state index in [4.69, 9.17) is 16.3 Å². The number of nitrogens with one attached hydrogen (secondary N) is 2. The fraction of sp³-hybridized carbons (Fsp3) is 0.467. The minimum absolute atomic E-state index is 0.0445. The number of benzene rings is 1. The van der Waals surface area contributed by atoms with Gasteiger partial charge in [-0.1, -0.05) is 11.6 Å². The highest BCUT2D eigenvalue weighted by atomic mass is 35.5. The Bertz CT molecular complexity index is 671. The van der Waals surface area contributed by atoms with Gasteiger partial charge in [-0.05, 0) is 49.1 Å². The van der Waals surface area contributed by atoms with Crippen LogP contribution in [0.5, 0.6) is 0 Å². The summed E-state index contributed by atoms with van der Waals surface area (Å²) in [7, 11) is 0. The number of halogens is 1. The number of H-pyrrole nitrogens is 1. The average molecular weight is 336 g/mol. The molecule has 0 saturated heterocycles. The second-order valence-electron chi connectivity index (χ2n) is 5.59. The standard InChI is InChI=1S/C15H18ClN5O2/c1-2-23-11-5-9(6-11)7-14(22)17-13-8-10(16)3-4-12(13)15-18-20-21-19-15/h3-4,8-9,11H,2,5-7H2,1H3,(H,17,22)(H,18,19,20,21). The van der Waals surface area contributed by atoms with Crippen LogP contribution in [0.3, 0.4) is 0 Å². The van der Waals surface area contributed by atoms with Crippen molar-refractivity contribution in [1.82, 2.24) is 20.6 Å². The second-order valence-corrected chi connectivity index (χ2v) is 6.03.